The van der Waals surface area contributed by atoms with E-state index >= 15 is 0 Å². The number of carbonyl (C=O) groups is 1. The Hall–Kier alpha value is -1.18. The minimum absolute atomic E-state index is 0.388. The Morgan fingerprint density at radius 1 is 1.25 bits per heavy atom. The number of hydrogen-bond acceptors (Lipinski definition) is 1. The SMILES string of the molecule is [B]C([B])C(=O)Nc1ccccc1. The molecule has 0 aliphatic carbocycles. The van der Waals surface area contributed by atoms with Crippen LogP contribution in [0, 0.1) is 0 Å². The van der Waals surface area contributed by atoms with E-state index in [4.69, 9.17) is 15.7 Å². The van der Waals surface area contributed by atoms with Crippen molar-refractivity contribution in [3.63, 3.8) is 0 Å². The van der Waals surface area contributed by atoms with Gasteiger partial charge in [0.25, 0.3) is 0 Å². The molecule has 4 radical (unpaired) electrons. The maximum Gasteiger partial charge on any atom is 0.210 e. The van der Waals surface area contributed by atoms with E-state index < -0.39 is 5.72 Å². The zero-order chi connectivity index (χ0) is 8.97. The van der Waals surface area contributed by atoms with Gasteiger partial charge in [-0.3, -0.25) is 4.79 Å². The van der Waals surface area contributed by atoms with Gasteiger partial charge in [-0.15, -0.1) is 0 Å². The van der Waals surface area contributed by atoms with Crippen LogP contribution in [0.3, 0.4) is 0 Å². The molecule has 0 unspecified atom stereocenters. The van der Waals surface area contributed by atoms with Crippen LogP contribution in [0.1, 0.15) is 0 Å². The normalized spacial score (nSPS) is 9.75. The molecule has 0 bridgehead atoms. The van der Waals surface area contributed by atoms with Crippen molar-refractivity contribution in [1.29, 1.82) is 0 Å². The standard InChI is InChI=1S/C8H7B2NO/c9-7(10)8(12)11-6-4-2-1-3-5-6/h1-5,7H,(H,11,12). The molecule has 0 aliphatic heterocycles. The topological polar surface area (TPSA) is 29.1 Å². The molecule has 0 saturated carbocycles. The van der Waals surface area contributed by atoms with Crippen LogP contribution >= 0.6 is 0 Å². The number of hydrogen-bond donors (Lipinski definition) is 1. The number of carbonyl (C=O) groups excluding carboxylic acids is 1. The Bertz CT molecular complexity index is 261. The summed E-state index contributed by atoms with van der Waals surface area (Å²) in [6, 6.07) is 9.02. The molecule has 1 amide bonds. The zero-order valence-electron chi connectivity index (χ0n) is 6.53. The van der Waals surface area contributed by atoms with Crippen LogP contribution in [0.2, 0.25) is 5.72 Å². The van der Waals surface area contributed by atoms with Gasteiger partial charge in [-0.05, 0) is 17.8 Å². The van der Waals surface area contributed by atoms with Crippen molar-refractivity contribution in [2.75, 3.05) is 5.32 Å². The van der Waals surface area contributed by atoms with Crippen molar-refractivity contribution in [3.05, 3.63) is 30.3 Å². The lowest BCUT2D eigenvalue weighted by Gasteiger charge is -2.06. The number of rotatable bonds is 2. The minimum Gasteiger partial charge on any atom is -0.327 e. The van der Waals surface area contributed by atoms with Crippen LogP contribution in [-0.2, 0) is 4.79 Å². The summed E-state index contributed by atoms with van der Waals surface area (Å²) in [5.41, 5.74) is -0.270. The first-order valence-electron chi connectivity index (χ1n) is 3.57. The third kappa shape index (κ3) is 2.46. The number of anilines is 1. The molecule has 4 heteroatoms. The van der Waals surface area contributed by atoms with E-state index in [1.165, 1.54) is 0 Å². The van der Waals surface area contributed by atoms with Crippen molar-refractivity contribution >= 4 is 27.3 Å². The molecule has 0 atom stereocenters. The summed E-state index contributed by atoms with van der Waals surface area (Å²) in [6.07, 6.45) is 0. The molecule has 0 fully saturated rings. The molecule has 0 spiro atoms. The maximum absolute atomic E-state index is 11.0. The van der Waals surface area contributed by atoms with E-state index in [1.807, 2.05) is 18.2 Å². The van der Waals surface area contributed by atoms with Gasteiger partial charge in [0, 0.05) is 5.69 Å². The first-order chi connectivity index (χ1) is 5.70. The van der Waals surface area contributed by atoms with E-state index in [1.54, 1.807) is 12.1 Å². The van der Waals surface area contributed by atoms with Crippen LogP contribution in [0.5, 0.6) is 0 Å². The van der Waals surface area contributed by atoms with Gasteiger partial charge >= 0.3 is 0 Å². The minimum atomic E-state index is -0.967. The van der Waals surface area contributed by atoms with E-state index in [-0.39, 0.29) is 5.91 Å². The Morgan fingerprint density at radius 2 is 1.83 bits per heavy atom. The van der Waals surface area contributed by atoms with Crippen LogP contribution in [-0.4, -0.2) is 21.6 Å². The highest BCUT2D eigenvalue weighted by Gasteiger charge is 2.04. The van der Waals surface area contributed by atoms with Gasteiger partial charge in [-0.1, -0.05) is 18.2 Å². The molecule has 1 rings (SSSR count). The fourth-order valence-corrected chi connectivity index (χ4v) is 0.747. The van der Waals surface area contributed by atoms with Crippen molar-refractivity contribution in [1.82, 2.24) is 0 Å². The number of benzene rings is 1. The maximum atomic E-state index is 11.0. The highest BCUT2D eigenvalue weighted by atomic mass is 16.1. The summed E-state index contributed by atoms with van der Waals surface area (Å²) in [6.45, 7) is 0. The van der Waals surface area contributed by atoms with Crippen LogP contribution in [0.4, 0.5) is 5.69 Å². The first-order valence-corrected chi connectivity index (χ1v) is 3.57. The highest BCUT2D eigenvalue weighted by molar-refractivity contribution is 6.47. The average Bonchev–Trinajstić information content (AvgIpc) is 2.06. The number of amides is 1. The summed E-state index contributed by atoms with van der Waals surface area (Å²) in [5, 5.41) is 2.55. The Balaban J connectivity index is 2.59. The van der Waals surface area contributed by atoms with Gasteiger partial charge in [-0.2, -0.15) is 0 Å². The third-order valence-electron chi connectivity index (χ3n) is 1.34. The second-order valence-electron chi connectivity index (χ2n) is 2.38. The van der Waals surface area contributed by atoms with Gasteiger partial charge in [0.15, 0.2) is 0 Å². The molecule has 0 saturated heterocycles. The van der Waals surface area contributed by atoms with Crippen molar-refractivity contribution < 1.29 is 4.79 Å². The third-order valence-corrected chi connectivity index (χ3v) is 1.34. The fraction of sp³-hybridized carbons (Fsp3) is 0.125. The second kappa shape index (κ2) is 4.00. The molecular weight excluding hydrogens is 148 g/mol. The molecule has 1 aromatic rings. The predicted molar refractivity (Wildman–Crippen MR) is 50.3 cm³/mol. The van der Waals surface area contributed by atoms with Crippen molar-refractivity contribution in [2.45, 2.75) is 5.72 Å². The average molecular weight is 155 g/mol. The van der Waals surface area contributed by atoms with Gasteiger partial charge in [0.2, 0.25) is 5.91 Å². The summed E-state index contributed by atoms with van der Waals surface area (Å²) in [7, 11) is 10.3. The molecular formula is C8H7B2NO. The molecule has 0 aliphatic rings. The Kier molecular flexibility index (Phi) is 2.97. The van der Waals surface area contributed by atoms with Gasteiger partial charge in [0.05, 0.1) is 15.7 Å². The number of nitrogens with one attached hydrogen (secondary N) is 1. The molecule has 2 nitrogen and oxygen atoms in total. The van der Waals surface area contributed by atoms with Gasteiger partial charge in [-0.25, -0.2) is 0 Å². The summed E-state index contributed by atoms with van der Waals surface area (Å²) in [5.74, 6) is -0.388. The quantitative estimate of drug-likeness (QED) is 0.625. The van der Waals surface area contributed by atoms with Crippen molar-refractivity contribution in [2.24, 2.45) is 0 Å². The van der Waals surface area contributed by atoms with Crippen LogP contribution in [0.25, 0.3) is 0 Å². The number of para-hydroxylation sites is 1. The van der Waals surface area contributed by atoms with Crippen LogP contribution in [0.15, 0.2) is 30.3 Å². The summed E-state index contributed by atoms with van der Waals surface area (Å²) < 4.78 is 0. The molecule has 0 aromatic heterocycles. The highest BCUT2D eigenvalue weighted by Crippen LogP contribution is 2.06. The molecule has 1 N–H and O–H groups in total. The van der Waals surface area contributed by atoms with E-state index in [2.05, 4.69) is 5.32 Å². The lowest BCUT2D eigenvalue weighted by molar-refractivity contribution is -0.114. The summed E-state index contributed by atoms with van der Waals surface area (Å²) >= 11 is 0. The monoisotopic (exact) mass is 155 g/mol. The molecule has 12 heavy (non-hydrogen) atoms. The lowest BCUT2D eigenvalue weighted by atomic mass is 9.70. The summed E-state index contributed by atoms with van der Waals surface area (Å²) in [4.78, 5) is 11.0. The predicted octanol–water partition coefficient (Wildman–Crippen LogP) is 0.708. The van der Waals surface area contributed by atoms with Crippen LogP contribution < -0.4 is 5.32 Å². The molecule has 0 heterocycles. The smallest absolute Gasteiger partial charge is 0.210 e. The Morgan fingerprint density at radius 3 is 2.33 bits per heavy atom. The zero-order valence-corrected chi connectivity index (χ0v) is 6.53. The van der Waals surface area contributed by atoms with Gasteiger partial charge < -0.3 is 5.32 Å². The first kappa shape index (κ1) is 8.91. The lowest BCUT2D eigenvalue weighted by Crippen LogP contribution is -2.18. The fourth-order valence-electron chi connectivity index (χ4n) is 0.747. The van der Waals surface area contributed by atoms with E-state index in [0.29, 0.717) is 5.69 Å². The van der Waals surface area contributed by atoms with Gasteiger partial charge in [0.1, 0.15) is 0 Å². The van der Waals surface area contributed by atoms with Crippen molar-refractivity contribution in [3.8, 4) is 0 Å². The second-order valence-corrected chi connectivity index (χ2v) is 2.38. The van der Waals surface area contributed by atoms with E-state index in [9.17, 15) is 4.79 Å². The molecule has 56 valence electrons. The largest absolute Gasteiger partial charge is 0.327 e. The molecule has 1 aromatic carbocycles. The van der Waals surface area contributed by atoms with E-state index in [0.717, 1.165) is 0 Å². The Labute approximate surface area is 74.2 Å².